The molecule has 1 saturated heterocycles. The molecule has 1 aliphatic heterocycles. The van der Waals surface area contributed by atoms with Gasteiger partial charge in [0.05, 0.1) is 0 Å². The lowest BCUT2D eigenvalue weighted by atomic mass is 9.96. The maximum atomic E-state index is 11.2. The number of carbonyl (C=O) groups is 1. The highest BCUT2D eigenvalue weighted by atomic mass is 16.1. The van der Waals surface area contributed by atoms with E-state index in [1.54, 1.807) is 0 Å². The molecule has 0 saturated carbocycles. The Morgan fingerprint density at radius 2 is 2.21 bits per heavy atom. The minimum absolute atomic E-state index is 0.0238. The predicted octanol–water partition coefficient (Wildman–Crippen LogP) is 1.06. The number of amides is 1. The molecule has 5 nitrogen and oxygen atoms in total. The van der Waals surface area contributed by atoms with Crippen molar-refractivity contribution < 1.29 is 4.79 Å². The standard InChI is InChI=1S/C14H22N4O/c1-10(16-2)12-3-6-17-13(9-12)18-7-4-11(5-8-18)14(15)19/h3,6,9-11,16H,4-5,7-8H2,1-2H3,(H2,15,19). The molecule has 1 fully saturated rings. The van der Waals surface area contributed by atoms with Crippen molar-refractivity contribution in [2.75, 3.05) is 25.0 Å². The highest BCUT2D eigenvalue weighted by Gasteiger charge is 2.23. The molecule has 1 amide bonds. The zero-order chi connectivity index (χ0) is 13.8. The Balaban J connectivity index is 2.05. The topological polar surface area (TPSA) is 71.2 Å². The molecule has 0 radical (unpaired) electrons. The molecule has 0 aromatic carbocycles. The minimum Gasteiger partial charge on any atom is -0.369 e. The second-order valence-corrected chi connectivity index (χ2v) is 5.12. The summed E-state index contributed by atoms with van der Waals surface area (Å²) in [6, 6.07) is 4.46. The van der Waals surface area contributed by atoms with Gasteiger partial charge in [0.25, 0.3) is 0 Å². The number of anilines is 1. The molecule has 1 aliphatic rings. The van der Waals surface area contributed by atoms with Crippen LogP contribution in [0.2, 0.25) is 0 Å². The van der Waals surface area contributed by atoms with Gasteiger partial charge >= 0.3 is 0 Å². The third kappa shape index (κ3) is 3.23. The number of nitrogens with one attached hydrogen (secondary N) is 1. The number of nitrogens with two attached hydrogens (primary N) is 1. The minimum atomic E-state index is -0.176. The van der Waals surface area contributed by atoms with E-state index in [4.69, 9.17) is 5.73 Å². The maximum absolute atomic E-state index is 11.2. The summed E-state index contributed by atoms with van der Waals surface area (Å²) < 4.78 is 0. The van der Waals surface area contributed by atoms with E-state index >= 15 is 0 Å². The van der Waals surface area contributed by atoms with E-state index < -0.39 is 0 Å². The number of nitrogens with zero attached hydrogens (tertiary/aromatic N) is 2. The van der Waals surface area contributed by atoms with Gasteiger partial charge in [0.2, 0.25) is 5.91 Å². The first kappa shape index (κ1) is 13.8. The number of hydrogen-bond donors (Lipinski definition) is 2. The highest BCUT2D eigenvalue weighted by molar-refractivity contribution is 5.76. The summed E-state index contributed by atoms with van der Waals surface area (Å²) >= 11 is 0. The first-order chi connectivity index (χ1) is 9.11. The molecule has 1 aromatic rings. The van der Waals surface area contributed by atoms with E-state index in [9.17, 15) is 4.79 Å². The maximum Gasteiger partial charge on any atom is 0.220 e. The summed E-state index contributed by atoms with van der Waals surface area (Å²) in [5.41, 5.74) is 6.58. The largest absolute Gasteiger partial charge is 0.369 e. The van der Waals surface area contributed by atoms with Crippen molar-refractivity contribution in [1.29, 1.82) is 0 Å². The van der Waals surface area contributed by atoms with E-state index in [0.29, 0.717) is 6.04 Å². The molecule has 0 aliphatic carbocycles. The lowest BCUT2D eigenvalue weighted by Crippen LogP contribution is -2.39. The highest BCUT2D eigenvalue weighted by Crippen LogP contribution is 2.23. The smallest absolute Gasteiger partial charge is 0.220 e. The SMILES string of the molecule is CNC(C)c1ccnc(N2CCC(C(N)=O)CC2)c1. The fourth-order valence-electron chi connectivity index (χ4n) is 2.44. The van der Waals surface area contributed by atoms with Gasteiger partial charge < -0.3 is 16.0 Å². The van der Waals surface area contributed by atoms with Crippen LogP contribution in [0, 0.1) is 5.92 Å². The number of piperidine rings is 1. The van der Waals surface area contributed by atoms with Crippen molar-refractivity contribution in [3.63, 3.8) is 0 Å². The van der Waals surface area contributed by atoms with Crippen LogP contribution < -0.4 is 16.0 Å². The zero-order valence-corrected chi connectivity index (χ0v) is 11.6. The molecule has 19 heavy (non-hydrogen) atoms. The third-order valence-electron chi connectivity index (χ3n) is 3.92. The molecule has 2 heterocycles. The summed E-state index contributed by atoms with van der Waals surface area (Å²) in [6.45, 7) is 3.81. The average Bonchev–Trinajstić information content (AvgIpc) is 2.46. The van der Waals surface area contributed by atoms with Gasteiger partial charge in [0.1, 0.15) is 5.82 Å². The molecule has 0 spiro atoms. The van der Waals surface area contributed by atoms with Crippen molar-refractivity contribution in [3.05, 3.63) is 23.9 Å². The number of hydrogen-bond acceptors (Lipinski definition) is 4. The normalized spacial score (nSPS) is 18.3. The van der Waals surface area contributed by atoms with Crippen molar-refractivity contribution in [2.45, 2.75) is 25.8 Å². The molecule has 1 aromatic heterocycles. The number of primary amides is 1. The lowest BCUT2D eigenvalue weighted by molar-refractivity contribution is -0.122. The van der Waals surface area contributed by atoms with E-state index in [-0.39, 0.29) is 11.8 Å². The number of pyridine rings is 1. The number of aromatic nitrogens is 1. The second-order valence-electron chi connectivity index (χ2n) is 5.12. The Morgan fingerprint density at radius 1 is 1.53 bits per heavy atom. The van der Waals surface area contributed by atoms with Crippen LogP contribution in [0.25, 0.3) is 0 Å². The molecule has 1 unspecified atom stereocenters. The summed E-state index contributed by atoms with van der Waals surface area (Å²) in [5, 5.41) is 3.23. The second kappa shape index (κ2) is 6.02. The van der Waals surface area contributed by atoms with Crippen LogP contribution in [0.4, 0.5) is 5.82 Å². The van der Waals surface area contributed by atoms with Crippen LogP contribution >= 0.6 is 0 Å². The van der Waals surface area contributed by atoms with Crippen molar-refractivity contribution in [1.82, 2.24) is 10.3 Å². The van der Waals surface area contributed by atoms with Crippen molar-refractivity contribution >= 4 is 11.7 Å². The van der Waals surface area contributed by atoms with E-state index in [1.807, 2.05) is 19.3 Å². The van der Waals surface area contributed by atoms with Crippen LogP contribution in [0.5, 0.6) is 0 Å². The fraction of sp³-hybridized carbons (Fsp3) is 0.571. The molecule has 2 rings (SSSR count). The molecule has 1 atom stereocenters. The predicted molar refractivity (Wildman–Crippen MR) is 75.8 cm³/mol. The Bertz CT molecular complexity index is 441. The van der Waals surface area contributed by atoms with Gasteiger partial charge in [-0.1, -0.05) is 0 Å². The van der Waals surface area contributed by atoms with Gasteiger partial charge in [-0.15, -0.1) is 0 Å². The van der Waals surface area contributed by atoms with Crippen LogP contribution in [-0.2, 0) is 4.79 Å². The Hall–Kier alpha value is -1.62. The first-order valence-electron chi connectivity index (χ1n) is 6.79. The monoisotopic (exact) mass is 262 g/mol. The van der Waals surface area contributed by atoms with E-state index in [2.05, 4.69) is 28.2 Å². The summed E-state index contributed by atoms with van der Waals surface area (Å²) in [7, 11) is 1.95. The zero-order valence-electron chi connectivity index (χ0n) is 11.6. The first-order valence-corrected chi connectivity index (χ1v) is 6.79. The summed E-state index contributed by atoms with van der Waals surface area (Å²) in [4.78, 5) is 17.8. The van der Waals surface area contributed by atoms with Gasteiger partial charge in [0.15, 0.2) is 0 Å². The van der Waals surface area contributed by atoms with E-state index in [0.717, 1.165) is 31.7 Å². The molecule has 0 bridgehead atoms. The summed E-state index contributed by atoms with van der Waals surface area (Å²) in [5.74, 6) is 0.836. The molecule has 104 valence electrons. The molecular weight excluding hydrogens is 240 g/mol. The van der Waals surface area contributed by atoms with Crippen LogP contribution in [-0.4, -0.2) is 31.0 Å². The Kier molecular flexibility index (Phi) is 4.37. The molecular formula is C14H22N4O. The van der Waals surface area contributed by atoms with Crippen molar-refractivity contribution in [3.8, 4) is 0 Å². The average molecular weight is 262 g/mol. The fourth-order valence-corrected chi connectivity index (χ4v) is 2.44. The Labute approximate surface area is 114 Å². The lowest BCUT2D eigenvalue weighted by Gasteiger charge is -2.31. The molecule has 3 N–H and O–H groups in total. The van der Waals surface area contributed by atoms with Crippen LogP contribution in [0.3, 0.4) is 0 Å². The van der Waals surface area contributed by atoms with Crippen molar-refractivity contribution in [2.24, 2.45) is 11.7 Å². The van der Waals surface area contributed by atoms with Crippen LogP contribution in [0.1, 0.15) is 31.4 Å². The third-order valence-corrected chi connectivity index (χ3v) is 3.92. The quantitative estimate of drug-likeness (QED) is 0.851. The van der Waals surface area contributed by atoms with Gasteiger partial charge in [-0.05, 0) is 44.5 Å². The van der Waals surface area contributed by atoms with Gasteiger partial charge in [-0.25, -0.2) is 4.98 Å². The van der Waals surface area contributed by atoms with Gasteiger partial charge in [-0.2, -0.15) is 0 Å². The number of carbonyl (C=O) groups excluding carboxylic acids is 1. The van der Waals surface area contributed by atoms with Crippen LogP contribution in [0.15, 0.2) is 18.3 Å². The number of rotatable bonds is 4. The van der Waals surface area contributed by atoms with E-state index in [1.165, 1.54) is 5.56 Å². The summed E-state index contributed by atoms with van der Waals surface area (Å²) in [6.07, 6.45) is 3.49. The van der Waals surface area contributed by atoms with Gasteiger partial charge in [-0.3, -0.25) is 4.79 Å². The van der Waals surface area contributed by atoms with Gasteiger partial charge in [0, 0.05) is 31.2 Å². The molecule has 5 heteroatoms. The Morgan fingerprint density at radius 3 is 2.79 bits per heavy atom.